The van der Waals surface area contributed by atoms with Gasteiger partial charge in [-0.05, 0) is 25.9 Å². The normalized spacial score (nSPS) is 16.2. The van der Waals surface area contributed by atoms with Crippen LogP contribution in [0, 0.1) is 0 Å². The van der Waals surface area contributed by atoms with Crippen molar-refractivity contribution in [2.75, 3.05) is 19.6 Å². The van der Waals surface area contributed by atoms with Gasteiger partial charge in [-0.25, -0.2) is 4.79 Å². The molecule has 92 valence electrons. The molecule has 1 aliphatic heterocycles. The average Bonchev–Trinajstić information content (AvgIpc) is 2.80. The van der Waals surface area contributed by atoms with E-state index in [2.05, 4.69) is 9.88 Å². The van der Waals surface area contributed by atoms with Crippen molar-refractivity contribution in [3.8, 4) is 0 Å². The fraction of sp³-hybridized carbons (Fsp3) is 0.545. The van der Waals surface area contributed by atoms with Gasteiger partial charge >= 0.3 is 5.97 Å². The van der Waals surface area contributed by atoms with Crippen LogP contribution in [0.2, 0.25) is 0 Å². The lowest BCUT2D eigenvalue weighted by atomic mass is 10.3. The van der Waals surface area contributed by atoms with Crippen molar-refractivity contribution in [1.29, 1.82) is 0 Å². The topological polar surface area (TPSA) is 75.4 Å². The first-order valence-electron chi connectivity index (χ1n) is 5.68. The summed E-state index contributed by atoms with van der Waals surface area (Å²) in [4.78, 5) is 27.8. The maximum absolute atomic E-state index is 11.2. The largest absolute Gasteiger partial charge is 0.477 e. The van der Waals surface area contributed by atoms with Crippen molar-refractivity contribution in [3.05, 3.63) is 28.4 Å². The molecule has 1 aromatic rings. The lowest BCUT2D eigenvalue weighted by molar-refractivity contribution is 0.0693. The number of carboxylic acid groups (broad SMARTS) is 1. The second-order valence-electron chi connectivity index (χ2n) is 4.18. The van der Waals surface area contributed by atoms with E-state index in [0.29, 0.717) is 6.54 Å². The monoisotopic (exact) mass is 237 g/mol. The summed E-state index contributed by atoms with van der Waals surface area (Å²) in [6.45, 7) is 3.72. The molecule has 0 aliphatic carbocycles. The molecule has 1 aliphatic rings. The summed E-state index contributed by atoms with van der Waals surface area (Å²) in [5, 5.41) is 8.81. The Morgan fingerprint density at radius 1 is 1.35 bits per heavy atom. The highest BCUT2D eigenvalue weighted by atomic mass is 16.4. The predicted octanol–water partition coefficient (Wildman–Crippen LogP) is 0.0373. The van der Waals surface area contributed by atoms with Crippen LogP contribution in [-0.2, 0) is 6.54 Å². The van der Waals surface area contributed by atoms with Crippen LogP contribution in [0.4, 0.5) is 0 Å². The minimum Gasteiger partial charge on any atom is -0.477 e. The smallest absolute Gasteiger partial charge is 0.342 e. The van der Waals surface area contributed by atoms with Crippen LogP contribution in [0.25, 0.3) is 0 Å². The molecular weight excluding hydrogens is 222 g/mol. The first kappa shape index (κ1) is 11.8. The van der Waals surface area contributed by atoms with Gasteiger partial charge in [0.25, 0.3) is 5.56 Å². The number of carbonyl (C=O) groups is 1. The average molecular weight is 237 g/mol. The number of aromatic nitrogens is 2. The van der Waals surface area contributed by atoms with E-state index < -0.39 is 11.5 Å². The Kier molecular flexibility index (Phi) is 3.53. The molecule has 1 N–H and O–H groups in total. The van der Waals surface area contributed by atoms with Gasteiger partial charge in [0.15, 0.2) is 0 Å². The zero-order chi connectivity index (χ0) is 12.3. The standard InChI is InChI=1S/C11H15N3O3/c15-10-9(11(16)17)7-14(8-12-10)6-5-13-3-1-2-4-13/h7-8H,1-6H2,(H,16,17). The van der Waals surface area contributed by atoms with Gasteiger partial charge in [-0.3, -0.25) is 4.79 Å². The minimum absolute atomic E-state index is 0.270. The van der Waals surface area contributed by atoms with E-state index >= 15 is 0 Å². The van der Waals surface area contributed by atoms with Gasteiger partial charge in [0, 0.05) is 19.3 Å². The van der Waals surface area contributed by atoms with E-state index in [1.54, 1.807) is 4.57 Å². The Bertz CT molecular complexity index is 463. The molecule has 1 fully saturated rings. The van der Waals surface area contributed by atoms with Crippen molar-refractivity contribution in [2.24, 2.45) is 0 Å². The van der Waals surface area contributed by atoms with E-state index in [4.69, 9.17) is 5.11 Å². The molecular formula is C11H15N3O3. The van der Waals surface area contributed by atoms with Crippen LogP contribution < -0.4 is 5.56 Å². The molecule has 0 radical (unpaired) electrons. The number of rotatable bonds is 4. The minimum atomic E-state index is -1.22. The molecule has 1 saturated heterocycles. The fourth-order valence-corrected chi connectivity index (χ4v) is 1.98. The molecule has 0 amide bonds. The van der Waals surface area contributed by atoms with Crippen LogP contribution in [0.1, 0.15) is 23.2 Å². The van der Waals surface area contributed by atoms with Crippen molar-refractivity contribution in [2.45, 2.75) is 19.4 Å². The predicted molar refractivity (Wildman–Crippen MR) is 61.1 cm³/mol. The molecule has 0 aromatic carbocycles. The number of hydrogen-bond acceptors (Lipinski definition) is 4. The molecule has 0 bridgehead atoms. The van der Waals surface area contributed by atoms with Crippen LogP contribution in [0.15, 0.2) is 17.3 Å². The van der Waals surface area contributed by atoms with Gasteiger partial charge in [0.05, 0.1) is 6.33 Å². The third-order valence-corrected chi connectivity index (χ3v) is 2.95. The van der Waals surface area contributed by atoms with Gasteiger partial charge in [0.2, 0.25) is 0 Å². The lowest BCUT2D eigenvalue weighted by Gasteiger charge is -2.15. The van der Waals surface area contributed by atoms with E-state index in [1.807, 2.05) is 0 Å². The Morgan fingerprint density at radius 2 is 2.06 bits per heavy atom. The summed E-state index contributed by atoms with van der Waals surface area (Å²) in [5.41, 5.74) is -0.955. The second-order valence-corrected chi connectivity index (χ2v) is 4.18. The Balaban J connectivity index is 2.03. The number of hydrogen-bond donors (Lipinski definition) is 1. The van der Waals surface area contributed by atoms with E-state index in [0.717, 1.165) is 19.6 Å². The van der Waals surface area contributed by atoms with Gasteiger partial charge in [-0.2, -0.15) is 4.98 Å². The Labute approximate surface area is 98.5 Å². The summed E-state index contributed by atoms with van der Waals surface area (Å²) in [7, 11) is 0. The molecule has 0 atom stereocenters. The summed E-state index contributed by atoms with van der Waals surface area (Å²) < 4.78 is 1.66. The van der Waals surface area contributed by atoms with Crippen LogP contribution in [0.5, 0.6) is 0 Å². The number of nitrogens with zero attached hydrogens (tertiary/aromatic N) is 3. The zero-order valence-electron chi connectivity index (χ0n) is 9.50. The van der Waals surface area contributed by atoms with Crippen molar-refractivity contribution < 1.29 is 9.90 Å². The lowest BCUT2D eigenvalue weighted by Crippen LogP contribution is -2.26. The molecule has 2 rings (SSSR count). The highest BCUT2D eigenvalue weighted by Gasteiger charge is 2.12. The van der Waals surface area contributed by atoms with Crippen molar-refractivity contribution >= 4 is 5.97 Å². The number of aromatic carboxylic acids is 1. The van der Waals surface area contributed by atoms with E-state index in [1.165, 1.54) is 25.4 Å². The molecule has 1 aromatic heterocycles. The molecule has 6 nitrogen and oxygen atoms in total. The summed E-state index contributed by atoms with van der Waals surface area (Å²) in [6.07, 6.45) is 5.20. The molecule has 6 heteroatoms. The highest BCUT2D eigenvalue weighted by molar-refractivity contribution is 5.86. The Morgan fingerprint density at radius 3 is 2.71 bits per heavy atom. The summed E-state index contributed by atoms with van der Waals surface area (Å²) in [6, 6.07) is 0. The van der Waals surface area contributed by atoms with Crippen LogP contribution >= 0.6 is 0 Å². The Hall–Kier alpha value is -1.69. The summed E-state index contributed by atoms with van der Waals surface area (Å²) in [5.74, 6) is -1.22. The van der Waals surface area contributed by atoms with Crippen molar-refractivity contribution in [1.82, 2.24) is 14.5 Å². The fourth-order valence-electron chi connectivity index (χ4n) is 1.98. The quantitative estimate of drug-likeness (QED) is 0.800. The third kappa shape index (κ3) is 2.91. The van der Waals surface area contributed by atoms with E-state index in [-0.39, 0.29) is 5.56 Å². The molecule has 2 heterocycles. The maximum atomic E-state index is 11.2. The van der Waals surface area contributed by atoms with Gasteiger partial charge in [-0.1, -0.05) is 0 Å². The molecule has 0 unspecified atom stereocenters. The van der Waals surface area contributed by atoms with E-state index in [9.17, 15) is 9.59 Å². The van der Waals surface area contributed by atoms with Crippen molar-refractivity contribution in [3.63, 3.8) is 0 Å². The number of carboxylic acids is 1. The first-order valence-corrected chi connectivity index (χ1v) is 5.68. The maximum Gasteiger partial charge on any atom is 0.342 e. The van der Waals surface area contributed by atoms with Gasteiger partial charge in [0.1, 0.15) is 5.56 Å². The third-order valence-electron chi connectivity index (χ3n) is 2.95. The molecule has 0 spiro atoms. The first-order chi connectivity index (χ1) is 8.16. The van der Waals surface area contributed by atoms with Gasteiger partial charge in [-0.15, -0.1) is 0 Å². The zero-order valence-corrected chi connectivity index (χ0v) is 9.50. The highest BCUT2D eigenvalue weighted by Crippen LogP contribution is 2.06. The number of likely N-dealkylation sites (tertiary alicyclic amines) is 1. The summed E-state index contributed by atoms with van der Waals surface area (Å²) >= 11 is 0. The molecule has 0 saturated carbocycles. The van der Waals surface area contributed by atoms with Crippen LogP contribution in [-0.4, -0.2) is 45.2 Å². The van der Waals surface area contributed by atoms with Crippen LogP contribution in [0.3, 0.4) is 0 Å². The second kappa shape index (κ2) is 5.09. The molecule has 17 heavy (non-hydrogen) atoms. The SMILES string of the molecule is O=C(O)c1cn(CCN2CCCC2)cnc1=O. The van der Waals surface area contributed by atoms with Gasteiger partial charge < -0.3 is 14.6 Å².